The minimum Gasteiger partial charge on any atom is -0.384 e. The van der Waals surface area contributed by atoms with Crippen molar-refractivity contribution in [3.63, 3.8) is 0 Å². The van der Waals surface area contributed by atoms with Gasteiger partial charge in [-0.05, 0) is 29.7 Å². The number of benzene rings is 3. The summed E-state index contributed by atoms with van der Waals surface area (Å²) in [7, 11) is 0. The molecule has 7 heteroatoms. The van der Waals surface area contributed by atoms with Crippen molar-refractivity contribution in [2.24, 2.45) is 0 Å². The van der Waals surface area contributed by atoms with Gasteiger partial charge in [-0.3, -0.25) is 14.9 Å². The predicted molar refractivity (Wildman–Crippen MR) is 112 cm³/mol. The molecular weight excluding hydrogens is 392 g/mol. The number of nitrogens with one attached hydrogen (secondary N) is 1. The highest BCUT2D eigenvalue weighted by atomic mass is 35.5. The van der Waals surface area contributed by atoms with Crippen molar-refractivity contribution in [2.75, 3.05) is 6.54 Å². The van der Waals surface area contributed by atoms with Crippen molar-refractivity contribution < 1.29 is 14.8 Å². The minimum atomic E-state index is -1.31. The van der Waals surface area contributed by atoms with E-state index in [0.717, 1.165) is 17.2 Å². The molecule has 1 unspecified atom stereocenters. The van der Waals surface area contributed by atoms with Gasteiger partial charge in [0.25, 0.3) is 11.6 Å². The Hall–Kier alpha value is -3.22. The lowest BCUT2D eigenvalue weighted by molar-refractivity contribution is -0.384. The number of non-ortho nitro benzene ring substituents is 1. The van der Waals surface area contributed by atoms with Crippen LogP contribution in [0.3, 0.4) is 0 Å². The summed E-state index contributed by atoms with van der Waals surface area (Å²) in [5.74, 6) is -0.522. The highest BCUT2D eigenvalue weighted by Crippen LogP contribution is 2.26. The molecule has 0 radical (unpaired) electrons. The highest BCUT2D eigenvalue weighted by Gasteiger charge is 2.25. The van der Waals surface area contributed by atoms with Crippen LogP contribution in [-0.4, -0.2) is 22.5 Å². The van der Waals surface area contributed by atoms with Crippen LogP contribution < -0.4 is 5.32 Å². The molecule has 0 spiro atoms. The van der Waals surface area contributed by atoms with Crippen LogP contribution in [0.2, 0.25) is 5.02 Å². The Morgan fingerprint density at radius 3 is 2.28 bits per heavy atom. The van der Waals surface area contributed by atoms with Gasteiger partial charge in [0.15, 0.2) is 0 Å². The van der Waals surface area contributed by atoms with Gasteiger partial charge in [-0.1, -0.05) is 66.2 Å². The molecular formula is C22H19ClN2O4. The quantitative estimate of drug-likeness (QED) is 0.460. The van der Waals surface area contributed by atoms with Crippen LogP contribution >= 0.6 is 11.6 Å². The van der Waals surface area contributed by atoms with Crippen molar-refractivity contribution >= 4 is 23.2 Å². The van der Waals surface area contributed by atoms with E-state index in [9.17, 15) is 20.0 Å². The molecule has 0 bridgehead atoms. The number of carbonyl (C=O) groups excluding carboxylic acids is 1. The molecule has 6 nitrogen and oxygen atoms in total. The molecule has 0 aromatic heterocycles. The zero-order valence-corrected chi connectivity index (χ0v) is 16.4. The third-order valence-corrected chi connectivity index (χ3v) is 4.93. The third kappa shape index (κ3) is 4.80. The molecule has 0 fully saturated rings. The maximum atomic E-state index is 12.4. The van der Waals surface area contributed by atoms with Gasteiger partial charge in [-0.2, -0.15) is 0 Å². The number of aliphatic hydroxyl groups is 1. The van der Waals surface area contributed by atoms with Crippen molar-refractivity contribution in [1.82, 2.24) is 5.32 Å². The summed E-state index contributed by atoms with van der Waals surface area (Å²) in [6, 6.07) is 20.9. The van der Waals surface area contributed by atoms with Gasteiger partial charge in [0.1, 0.15) is 5.60 Å². The lowest BCUT2D eigenvalue weighted by Gasteiger charge is -2.24. The first-order valence-corrected chi connectivity index (χ1v) is 9.26. The van der Waals surface area contributed by atoms with E-state index in [1.54, 1.807) is 6.92 Å². The first-order valence-electron chi connectivity index (χ1n) is 8.88. The molecule has 0 heterocycles. The van der Waals surface area contributed by atoms with Crippen LogP contribution in [0.15, 0.2) is 72.8 Å². The molecule has 3 rings (SSSR count). The molecule has 0 saturated carbocycles. The minimum absolute atomic E-state index is 0.0245. The van der Waals surface area contributed by atoms with Gasteiger partial charge in [-0.15, -0.1) is 0 Å². The number of nitro benzene ring substituents is 1. The van der Waals surface area contributed by atoms with Crippen LogP contribution in [0, 0.1) is 10.1 Å². The van der Waals surface area contributed by atoms with Crippen molar-refractivity contribution in [1.29, 1.82) is 0 Å². The van der Waals surface area contributed by atoms with Gasteiger partial charge < -0.3 is 10.4 Å². The Kier molecular flexibility index (Phi) is 5.96. The Balaban J connectivity index is 1.69. The molecule has 148 valence electrons. The van der Waals surface area contributed by atoms with Crippen LogP contribution in [0.5, 0.6) is 0 Å². The molecule has 1 amide bonds. The molecule has 0 aliphatic carbocycles. The molecule has 2 N–H and O–H groups in total. The largest absolute Gasteiger partial charge is 0.384 e. The zero-order valence-electron chi connectivity index (χ0n) is 15.6. The first kappa shape index (κ1) is 20.5. The molecule has 29 heavy (non-hydrogen) atoms. The Bertz CT molecular complexity index is 1030. The normalized spacial score (nSPS) is 12.8. The summed E-state index contributed by atoms with van der Waals surface area (Å²) in [6.45, 7) is 1.55. The second-order valence-corrected chi connectivity index (χ2v) is 7.23. The van der Waals surface area contributed by atoms with Crippen LogP contribution in [0.1, 0.15) is 22.8 Å². The fraction of sp³-hybridized carbons (Fsp3) is 0.136. The standard InChI is InChI=1S/C22H19ClN2O4/c1-22(27,17-9-7-16(8-10-17)15-5-3-2-4-6-15)14-24-21(26)19-12-11-18(25(28)29)13-20(19)23/h2-13,27H,14H2,1H3,(H,24,26). The predicted octanol–water partition coefficient (Wildman–Crippen LogP) is 4.55. The number of hydrogen-bond donors (Lipinski definition) is 2. The number of nitro groups is 1. The maximum absolute atomic E-state index is 12.4. The third-order valence-electron chi connectivity index (χ3n) is 4.62. The second kappa shape index (κ2) is 8.43. The van der Waals surface area contributed by atoms with Crippen LogP contribution in [0.25, 0.3) is 11.1 Å². The van der Waals surface area contributed by atoms with E-state index in [4.69, 9.17) is 11.6 Å². The van der Waals surface area contributed by atoms with Crippen molar-refractivity contribution in [2.45, 2.75) is 12.5 Å². The van der Waals surface area contributed by atoms with E-state index in [1.165, 1.54) is 12.1 Å². The summed E-state index contributed by atoms with van der Waals surface area (Å²) in [5.41, 5.74) is 1.33. The van der Waals surface area contributed by atoms with Gasteiger partial charge >= 0.3 is 0 Å². The fourth-order valence-electron chi connectivity index (χ4n) is 2.90. The van der Waals surface area contributed by atoms with Crippen molar-refractivity contribution in [3.8, 4) is 11.1 Å². The lowest BCUT2D eigenvalue weighted by Crippen LogP contribution is -2.38. The van der Waals surface area contributed by atoms with Gasteiger partial charge in [0.05, 0.1) is 22.1 Å². The highest BCUT2D eigenvalue weighted by molar-refractivity contribution is 6.34. The Labute approximate surface area is 172 Å². The summed E-state index contributed by atoms with van der Waals surface area (Å²) in [5, 5.41) is 24.2. The Morgan fingerprint density at radius 1 is 1.07 bits per heavy atom. The van der Waals surface area contributed by atoms with Crippen LogP contribution in [-0.2, 0) is 5.60 Å². The number of carbonyl (C=O) groups is 1. The molecule has 3 aromatic carbocycles. The van der Waals surface area contributed by atoms with E-state index >= 15 is 0 Å². The number of rotatable bonds is 6. The van der Waals surface area contributed by atoms with Crippen molar-refractivity contribution in [3.05, 3.63) is 99.1 Å². The van der Waals surface area contributed by atoms with E-state index < -0.39 is 16.4 Å². The number of hydrogen-bond acceptors (Lipinski definition) is 4. The maximum Gasteiger partial charge on any atom is 0.270 e. The van der Waals surface area contributed by atoms with E-state index in [2.05, 4.69) is 5.32 Å². The Morgan fingerprint density at radius 2 is 1.69 bits per heavy atom. The summed E-state index contributed by atoms with van der Waals surface area (Å²) >= 11 is 5.98. The summed E-state index contributed by atoms with van der Waals surface area (Å²) < 4.78 is 0. The van der Waals surface area contributed by atoms with Gasteiger partial charge in [-0.25, -0.2) is 0 Å². The second-order valence-electron chi connectivity index (χ2n) is 6.82. The van der Waals surface area contributed by atoms with E-state index in [-0.39, 0.29) is 22.8 Å². The number of amides is 1. The first-order chi connectivity index (χ1) is 13.8. The summed E-state index contributed by atoms with van der Waals surface area (Å²) in [4.78, 5) is 22.6. The zero-order chi connectivity index (χ0) is 21.0. The molecule has 3 aromatic rings. The van der Waals surface area contributed by atoms with E-state index in [1.807, 2.05) is 54.6 Å². The van der Waals surface area contributed by atoms with Gasteiger partial charge in [0, 0.05) is 12.1 Å². The van der Waals surface area contributed by atoms with E-state index in [0.29, 0.717) is 5.56 Å². The molecule has 0 aliphatic heterocycles. The SMILES string of the molecule is CC(O)(CNC(=O)c1ccc([N+](=O)[O-])cc1Cl)c1ccc(-c2ccccc2)cc1. The number of nitrogens with zero attached hydrogens (tertiary/aromatic N) is 1. The molecule has 0 aliphatic rings. The average Bonchev–Trinajstić information content (AvgIpc) is 2.72. The smallest absolute Gasteiger partial charge is 0.270 e. The monoisotopic (exact) mass is 410 g/mol. The molecule has 1 atom stereocenters. The lowest BCUT2D eigenvalue weighted by atomic mass is 9.93. The summed E-state index contributed by atoms with van der Waals surface area (Å²) in [6.07, 6.45) is 0. The fourth-order valence-corrected chi connectivity index (χ4v) is 3.16. The molecule has 0 saturated heterocycles. The average molecular weight is 411 g/mol. The topological polar surface area (TPSA) is 92.5 Å². The number of halogens is 1. The van der Waals surface area contributed by atoms with Gasteiger partial charge in [0.2, 0.25) is 0 Å². The van der Waals surface area contributed by atoms with Crippen LogP contribution in [0.4, 0.5) is 5.69 Å².